The van der Waals surface area contributed by atoms with Gasteiger partial charge < -0.3 is 14.6 Å². The van der Waals surface area contributed by atoms with E-state index in [4.69, 9.17) is 4.74 Å². The van der Waals surface area contributed by atoms with Gasteiger partial charge in [-0.15, -0.1) is 0 Å². The minimum Gasteiger partial charge on any atom is -0.456 e. The number of benzene rings is 1. The molecular weight excluding hydrogens is 336 g/mol. The normalized spacial score (nSPS) is 16.7. The first-order chi connectivity index (χ1) is 12.2. The lowest BCUT2D eigenvalue weighted by Gasteiger charge is -2.31. The average Bonchev–Trinajstić information content (AvgIpc) is 2.99. The van der Waals surface area contributed by atoms with Crippen molar-refractivity contribution in [2.75, 3.05) is 5.32 Å². The minimum atomic E-state index is -0.660. The molecule has 0 aliphatic carbocycles. The molecule has 0 saturated heterocycles. The Morgan fingerprint density at radius 1 is 1.38 bits per heavy atom. The van der Waals surface area contributed by atoms with Crippen LogP contribution in [0.3, 0.4) is 0 Å². The summed E-state index contributed by atoms with van der Waals surface area (Å²) in [6, 6.07) is 5.68. The van der Waals surface area contributed by atoms with Gasteiger partial charge in [-0.25, -0.2) is 9.78 Å². The minimum absolute atomic E-state index is 0.0381. The van der Waals surface area contributed by atoms with Gasteiger partial charge in [0.25, 0.3) is 5.69 Å². The van der Waals surface area contributed by atoms with Crippen LogP contribution >= 0.6 is 0 Å². The Bertz CT molecular complexity index is 908. The molecule has 8 nitrogen and oxygen atoms in total. The van der Waals surface area contributed by atoms with E-state index in [-0.39, 0.29) is 5.69 Å². The van der Waals surface area contributed by atoms with Gasteiger partial charge in [0.05, 0.1) is 16.5 Å². The van der Waals surface area contributed by atoms with Crippen molar-refractivity contribution in [3.63, 3.8) is 0 Å². The SMILES string of the molecule is CC1=C(C(=O)OC(C)(C)C)C(c2cccc([N+](=O)[O-])c2)n2ccnc2N1. The van der Waals surface area contributed by atoms with E-state index in [0.29, 0.717) is 22.8 Å². The maximum absolute atomic E-state index is 12.9. The smallest absolute Gasteiger partial charge is 0.338 e. The van der Waals surface area contributed by atoms with Crippen molar-refractivity contribution in [1.82, 2.24) is 9.55 Å². The Morgan fingerprint density at radius 2 is 2.12 bits per heavy atom. The molecule has 1 aromatic heterocycles. The molecule has 0 radical (unpaired) electrons. The standard InChI is InChI=1S/C18H20N4O4/c1-11-14(16(23)26-18(2,3)4)15(21-9-8-19-17(21)20-11)12-6-5-7-13(10-12)22(24)25/h5-10,15H,1-4H3,(H,19,20). The summed E-state index contributed by atoms with van der Waals surface area (Å²) >= 11 is 0. The number of nitro groups is 1. The maximum atomic E-state index is 12.9. The molecule has 1 atom stereocenters. The quantitative estimate of drug-likeness (QED) is 0.514. The molecule has 1 unspecified atom stereocenters. The number of nitro benzene ring substituents is 1. The van der Waals surface area contributed by atoms with E-state index in [1.165, 1.54) is 12.1 Å². The van der Waals surface area contributed by atoms with E-state index in [9.17, 15) is 14.9 Å². The van der Waals surface area contributed by atoms with Crippen LogP contribution in [0.1, 0.15) is 39.3 Å². The highest BCUT2D eigenvalue weighted by Gasteiger charge is 2.35. The van der Waals surface area contributed by atoms with E-state index in [1.54, 1.807) is 56.8 Å². The molecule has 1 aromatic carbocycles. The van der Waals surface area contributed by atoms with Gasteiger partial charge in [-0.1, -0.05) is 12.1 Å². The third kappa shape index (κ3) is 3.30. The number of imidazole rings is 1. The second-order valence-corrected chi connectivity index (χ2v) is 7.08. The Morgan fingerprint density at radius 3 is 2.77 bits per heavy atom. The van der Waals surface area contributed by atoms with Crippen LogP contribution in [0.4, 0.5) is 11.6 Å². The number of ether oxygens (including phenoxy) is 1. The predicted molar refractivity (Wildman–Crippen MR) is 95.6 cm³/mol. The molecule has 3 rings (SSSR count). The molecule has 0 bridgehead atoms. The highest BCUT2D eigenvalue weighted by atomic mass is 16.6. The number of nitrogens with zero attached hydrogens (tertiary/aromatic N) is 3. The number of non-ortho nitro benzene ring substituents is 1. The van der Waals surface area contributed by atoms with Crippen LogP contribution < -0.4 is 5.32 Å². The molecule has 1 aliphatic heterocycles. The summed E-state index contributed by atoms with van der Waals surface area (Å²) in [6.07, 6.45) is 3.33. The van der Waals surface area contributed by atoms with Gasteiger partial charge in [-0.2, -0.15) is 0 Å². The molecule has 26 heavy (non-hydrogen) atoms. The van der Waals surface area contributed by atoms with E-state index < -0.39 is 22.5 Å². The lowest BCUT2D eigenvalue weighted by Crippen LogP contribution is -2.32. The fraction of sp³-hybridized carbons (Fsp3) is 0.333. The van der Waals surface area contributed by atoms with Gasteiger partial charge in [0.2, 0.25) is 5.95 Å². The molecule has 0 spiro atoms. The summed E-state index contributed by atoms with van der Waals surface area (Å²) in [6.45, 7) is 7.15. The van der Waals surface area contributed by atoms with Crippen LogP contribution in [0.15, 0.2) is 47.9 Å². The van der Waals surface area contributed by atoms with E-state index in [1.807, 2.05) is 0 Å². The largest absolute Gasteiger partial charge is 0.456 e. The topological polar surface area (TPSA) is 99.3 Å². The van der Waals surface area contributed by atoms with Crippen LogP contribution in [0.2, 0.25) is 0 Å². The fourth-order valence-corrected chi connectivity index (χ4v) is 2.93. The van der Waals surface area contributed by atoms with E-state index in [2.05, 4.69) is 10.3 Å². The third-order valence-electron chi connectivity index (χ3n) is 3.94. The Hall–Kier alpha value is -3.16. The maximum Gasteiger partial charge on any atom is 0.338 e. The average molecular weight is 356 g/mol. The van der Waals surface area contributed by atoms with Crippen LogP contribution in [-0.2, 0) is 9.53 Å². The number of carbonyl (C=O) groups excluding carboxylic acids is 1. The van der Waals surface area contributed by atoms with Crippen molar-refractivity contribution in [3.05, 3.63) is 63.6 Å². The number of fused-ring (bicyclic) bond motifs is 1. The van der Waals surface area contributed by atoms with Gasteiger partial charge in [-0.3, -0.25) is 10.1 Å². The predicted octanol–water partition coefficient (Wildman–Crippen LogP) is 3.42. The first kappa shape index (κ1) is 17.7. The Labute approximate surface area is 150 Å². The number of aromatic nitrogens is 2. The molecule has 0 fully saturated rings. The first-order valence-electron chi connectivity index (χ1n) is 8.15. The number of anilines is 1. The highest BCUT2D eigenvalue weighted by Crippen LogP contribution is 2.37. The first-order valence-corrected chi connectivity index (χ1v) is 8.15. The second-order valence-electron chi connectivity index (χ2n) is 7.08. The molecule has 0 saturated carbocycles. The van der Waals surface area contributed by atoms with Crippen molar-refractivity contribution in [3.8, 4) is 0 Å². The molecule has 136 valence electrons. The number of esters is 1. The van der Waals surface area contributed by atoms with Crippen molar-refractivity contribution >= 4 is 17.6 Å². The summed E-state index contributed by atoms with van der Waals surface area (Å²) in [7, 11) is 0. The number of hydrogen-bond acceptors (Lipinski definition) is 6. The molecule has 1 aliphatic rings. The van der Waals surface area contributed by atoms with Gasteiger partial charge in [-0.05, 0) is 33.3 Å². The van der Waals surface area contributed by atoms with Crippen molar-refractivity contribution in [2.24, 2.45) is 0 Å². The summed E-state index contributed by atoms with van der Waals surface area (Å²) in [5.74, 6) is 0.0877. The van der Waals surface area contributed by atoms with Crippen LogP contribution in [0, 0.1) is 10.1 Å². The second kappa shape index (κ2) is 6.29. The van der Waals surface area contributed by atoms with Crippen molar-refractivity contribution in [2.45, 2.75) is 39.3 Å². The number of allylic oxidation sites excluding steroid dienone is 1. The number of hydrogen-bond donors (Lipinski definition) is 1. The zero-order chi connectivity index (χ0) is 19.1. The lowest BCUT2D eigenvalue weighted by atomic mass is 9.95. The zero-order valence-electron chi connectivity index (χ0n) is 15.0. The molecule has 8 heteroatoms. The van der Waals surface area contributed by atoms with E-state index >= 15 is 0 Å². The molecule has 2 aromatic rings. The summed E-state index contributed by atoms with van der Waals surface area (Å²) < 4.78 is 7.33. The molecule has 1 N–H and O–H groups in total. The van der Waals surface area contributed by atoms with E-state index in [0.717, 1.165) is 0 Å². The fourth-order valence-electron chi connectivity index (χ4n) is 2.93. The highest BCUT2D eigenvalue weighted by molar-refractivity contribution is 5.92. The summed E-state index contributed by atoms with van der Waals surface area (Å²) in [5.41, 5.74) is 0.914. The lowest BCUT2D eigenvalue weighted by molar-refractivity contribution is -0.384. The van der Waals surface area contributed by atoms with Gasteiger partial charge >= 0.3 is 5.97 Å². The van der Waals surface area contributed by atoms with Crippen molar-refractivity contribution in [1.29, 1.82) is 0 Å². The Kier molecular flexibility index (Phi) is 4.27. The van der Waals surface area contributed by atoms with Crippen LogP contribution in [0.25, 0.3) is 0 Å². The molecule has 2 heterocycles. The number of rotatable bonds is 3. The molecular formula is C18H20N4O4. The number of nitrogens with one attached hydrogen (secondary N) is 1. The summed E-state index contributed by atoms with van der Waals surface area (Å²) in [5, 5.41) is 14.3. The summed E-state index contributed by atoms with van der Waals surface area (Å²) in [4.78, 5) is 27.8. The van der Waals surface area contributed by atoms with Crippen LogP contribution in [-0.4, -0.2) is 26.0 Å². The van der Waals surface area contributed by atoms with Gasteiger partial charge in [0, 0.05) is 30.2 Å². The van der Waals surface area contributed by atoms with Crippen molar-refractivity contribution < 1.29 is 14.5 Å². The Balaban J connectivity index is 2.13. The van der Waals surface area contributed by atoms with Crippen LogP contribution in [0.5, 0.6) is 0 Å². The zero-order valence-corrected chi connectivity index (χ0v) is 15.0. The van der Waals surface area contributed by atoms with Gasteiger partial charge in [0.15, 0.2) is 0 Å². The van der Waals surface area contributed by atoms with Gasteiger partial charge in [0.1, 0.15) is 5.60 Å². The molecule has 0 amide bonds. The number of carbonyl (C=O) groups is 1. The monoisotopic (exact) mass is 356 g/mol. The third-order valence-corrected chi connectivity index (χ3v) is 3.94.